The lowest BCUT2D eigenvalue weighted by Gasteiger charge is -2.30. The van der Waals surface area contributed by atoms with E-state index >= 15 is 0 Å². The molecular weight excluding hydrogens is 394 g/mol. The molecule has 1 aliphatic heterocycles. The van der Waals surface area contributed by atoms with Crippen molar-refractivity contribution in [3.05, 3.63) is 65.7 Å². The third-order valence-electron chi connectivity index (χ3n) is 5.56. The van der Waals surface area contributed by atoms with E-state index in [-0.39, 0.29) is 12.0 Å². The molecule has 2 aromatic carbocycles. The number of thiocarbonyl (C=S) groups is 1. The number of amides is 1. The van der Waals surface area contributed by atoms with Gasteiger partial charge in [-0.1, -0.05) is 43.3 Å². The summed E-state index contributed by atoms with van der Waals surface area (Å²) in [5, 5.41) is 6.52. The summed E-state index contributed by atoms with van der Waals surface area (Å²) in [6, 6.07) is 18.1. The first-order chi connectivity index (χ1) is 14.5. The van der Waals surface area contributed by atoms with Crippen LogP contribution in [0.2, 0.25) is 0 Å². The normalized spacial score (nSPS) is 19.5. The fourth-order valence-corrected chi connectivity index (χ4v) is 3.91. The van der Waals surface area contributed by atoms with Crippen LogP contribution in [-0.2, 0) is 6.54 Å². The molecule has 1 heterocycles. The van der Waals surface area contributed by atoms with E-state index in [0.29, 0.717) is 22.5 Å². The molecule has 2 aromatic rings. The summed E-state index contributed by atoms with van der Waals surface area (Å²) in [7, 11) is 0. The van der Waals surface area contributed by atoms with E-state index in [0.717, 1.165) is 38.9 Å². The maximum atomic E-state index is 12.6. The van der Waals surface area contributed by atoms with Gasteiger partial charge in [-0.2, -0.15) is 0 Å². The Morgan fingerprint density at radius 2 is 1.90 bits per heavy atom. The molecule has 6 heteroatoms. The molecule has 1 saturated heterocycles. The highest BCUT2D eigenvalue weighted by Crippen LogP contribution is 2.16. The van der Waals surface area contributed by atoms with Gasteiger partial charge in [0.05, 0.1) is 19.2 Å². The Hall–Kier alpha value is -2.44. The molecule has 3 rings (SSSR count). The molecule has 0 spiro atoms. The van der Waals surface area contributed by atoms with Gasteiger partial charge in [0.25, 0.3) is 5.91 Å². The molecule has 0 radical (unpaired) electrons. The monoisotopic (exact) mass is 426 g/mol. The highest BCUT2D eigenvalue weighted by molar-refractivity contribution is 7.80. The van der Waals surface area contributed by atoms with Gasteiger partial charge >= 0.3 is 0 Å². The largest absolute Gasteiger partial charge is 0.491 e. The van der Waals surface area contributed by atoms with Crippen molar-refractivity contribution < 1.29 is 14.4 Å². The van der Waals surface area contributed by atoms with E-state index < -0.39 is 0 Å². The molecule has 160 valence electrons. The maximum Gasteiger partial charge on any atom is 0.257 e. The topological polar surface area (TPSA) is 54.8 Å². The number of carbonyl (C=O) groups is 1. The SMILES string of the molecule is CCC(C)Oc1cccc(C(=O)NC(=S)NC2CC[NH+](Cc3ccccc3)CC2)c1. The summed E-state index contributed by atoms with van der Waals surface area (Å²) in [6.45, 7) is 7.33. The van der Waals surface area contributed by atoms with Crippen LogP contribution in [0.3, 0.4) is 0 Å². The van der Waals surface area contributed by atoms with Gasteiger partial charge in [0.2, 0.25) is 0 Å². The molecule has 3 N–H and O–H groups in total. The van der Waals surface area contributed by atoms with E-state index in [4.69, 9.17) is 17.0 Å². The quantitative estimate of drug-likeness (QED) is 0.596. The van der Waals surface area contributed by atoms with Gasteiger partial charge in [-0.25, -0.2) is 0 Å². The van der Waals surface area contributed by atoms with Crippen LogP contribution >= 0.6 is 12.2 Å². The number of likely N-dealkylation sites (tertiary alicyclic amines) is 1. The molecule has 1 aliphatic rings. The van der Waals surface area contributed by atoms with Crippen LogP contribution in [0.25, 0.3) is 0 Å². The standard InChI is InChI=1S/C24H31N3O2S/c1-3-18(2)29-22-11-7-10-20(16-22)23(28)26-24(30)25-21-12-14-27(15-13-21)17-19-8-5-4-6-9-19/h4-11,16,18,21H,3,12-15,17H2,1-2H3,(H2,25,26,28,30)/p+1. The molecule has 30 heavy (non-hydrogen) atoms. The summed E-state index contributed by atoms with van der Waals surface area (Å²) in [4.78, 5) is 14.2. The Labute approximate surface area is 184 Å². The Morgan fingerprint density at radius 1 is 1.17 bits per heavy atom. The summed E-state index contributed by atoms with van der Waals surface area (Å²) in [5.74, 6) is 0.485. The fraction of sp³-hybridized carbons (Fsp3) is 0.417. The van der Waals surface area contributed by atoms with Crippen molar-refractivity contribution in [3.8, 4) is 5.75 Å². The van der Waals surface area contributed by atoms with Crippen molar-refractivity contribution in [3.63, 3.8) is 0 Å². The van der Waals surface area contributed by atoms with Crippen LogP contribution in [0, 0.1) is 0 Å². The van der Waals surface area contributed by atoms with Crippen LogP contribution in [0.1, 0.15) is 49.0 Å². The smallest absolute Gasteiger partial charge is 0.257 e. The highest BCUT2D eigenvalue weighted by Gasteiger charge is 2.23. The van der Waals surface area contributed by atoms with Crippen LogP contribution < -0.4 is 20.3 Å². The van der Waals surface area contributed by atoms with Gasteiger partial charge in [-0.15, -0.1) is 0 Å². The first-order valence-electron chi connectivity index (χ1n) is 10.8. The zero-order valence-corrected chi connectivity index (χ0v) is 18.6. The van der Waals surface area contributed by atoms with Gasteiger partial charge < -0.3 is 15.0 Å². The fourth-order valence-electron chi connectivity index (χ4n) is 3.65. The number of benzene rings is 2. The summed E-state index contributed by atoms with van der Waals surface area (Å²) in [6.07, 6.45) is 3.10. The maximum absolute atomic E-state index is 12.6. The minimum atomic E-state index is -0.214. The Balaban J connectivity index is 1.43. The lowest BCUT2D eigenvalue weighted by atomic mass is 10.0. The number of rotatable bonds is 7. The van der Waals surface area contributed by atoms with Crippen LogP contribution in [-0.4, -0.2) is 36.3 Å². The van der Waals surface area contributed by atoms with Gasteiger partial charge in [0.15, 0.2) is 5.11 Å². The molecule has 0 saturated carbocycles. The molecule has 0 bridgehead atoms. The van der Waals surface area contributed by atoms with E-state index in [1.54, 1.807) is 17.0 Å². The third kappa shape index (κ3) is 6.82. The predicted molar refractivity (Wildman–Crippen MR) is 124 cm³/mol. The second kappa shape index (κ2) is 11.1. The molecule has 1 fully saturated rings. The van der Waals surface area contributed by atoms with Gasteiger partial charge in [0.1, 0.15) is 12.3 Å². The molecule has 0 aromatic heterocycles. The van der Waals surface area contributed by atoms with Gasteiger partial charge in [0, 0.05) is 30.0 Å². The number of ether oxygens (including phenoxy) is 1. The number of carbonyl (C=O) groups excluding carboxylic acids is 1. The number of quaternary nitrogens is 1. The second-order valence-electron chi connectivity index (χ2n) is 7.98. The number of nitrogens with one attached hydrogen (secondary N) is 3. The molecule has 1 amide bonds. The van der Waals surface area contributed by atoms with E-state index in [2.05, 4.69) is 47.9 Å². The summed E-state index contributed by atoms with van der Waals surface area (Å²) < 4.78 is 5.80. The van der Waals surface area contributed by atoms with Crippen molar-refractivity contribution in [2.24, 2.45) is 0 Å². The zero-order chi connectivity index (χ0) is 21.3. The van der Waals surface area contributed by atoms with Crippen molar-refractivity contribution in [1.29, 1.82) is 0 Å². The second-order valence-corrected chi connectivity index (χ2v) is 8.39. The number of hydrogen-bond acceptors (Lipinski definition) is 3. The molecule has 1 atom stereocenters. The first-order valence-corrected chi connectivity index (χ1v) is 11.2. The minimum absolute atomic E-state index is 0.112. The molecular formula is C24H32N3O2S+. The van der Waals surface area contributed by atoms with Crippen LogP contribution in [0.5, 0.6) is 5.75 Å². The van der Waals surface area contributed by atoms with Crippen LogP contribution in [0.15, 0.2) is 54.6 Å². The number of piperidine rings is 1. The van der Waals surface area contributed by atoms with Crippen molar-refractivity contribution in [2.75, 3.05) is 13.1 Å². The lowest BCUT2D eigenvalue weighted by Crippen LogP contribution is -3.12. The van der Waals surface area contributed by atoms with Gasteiger partial charge in [-0.3, -0.25) is 10.1 Å². The van der Waals surface area contributed by atoms with E-state index in [1.165, 1.54) is 5.56 Å². The van der Waals surface area contributed by atoms with E-state index in [1.807, 2.05) is 19.1 Å². The number of hydrogen-bond donors (Lipinski definition) is 3. The van der Waals surface area contributed by atoms with Crippen molar-refractivity contribution in [2.45, 2.75) is 51.8 Å². The summed E-state index contributed by atoms with van der Waals surface area (Å²) >= 11 is 5.39. The van der Waals surface area contributed by atoms with E-state index in [9.17, 15) is 4.79 Å². The van der Waals surface area contributed by atoms with Crippen molar-refractivity contribution in [1.82, 2.24) is 10.6 Å². The lowest BCUT2D eigenvalue weighted by molar-refractivity contribution is -0.918. The zero-order valence-electron chi connectivity index (χ0n) is 17.8. The van der Waals surface area contributed by atoms with Gasteiger partial charge in [-0.05, 0) is 43.8 Å². The predicted octanol–water partition coefficient (Wildman–Crippen LogP) is 2.72. The Bertz CT molecular complexity index is 835. The first kappa shape index (κ1) is 22.2. The highest BCUT2D eigenvalue weighted by atomic mass is 32.1. The van der Waals surface area contributed by atoms with Crippen LogP contribution in [0.4, 0.5) is 0 Å². The average molecular weight is 427 g/mol. The Morgan fingerprint density at radius 3 is 2.60 bits per heavy atom. The molecule has 0 aliphatic carbocycles. The molecule has 1 unspecified atom stereocenters. The summed E-state index contributed by atoms with van der Waals surface area (Å²) in [5.41, 5.74) is 1.92. The average Bonchev–Trinajstić information content (AvgIpc) is 2.76. The molecule has 5 nitrogen and oxygen atoms in total. The van der Waals surface area contributed by atoms with Crippen molar-refractivity contribution >= 4 is 23.2 Å². The Kier molecular flexibility index (Phi) is 8.22. The minimum Gasteiger partial charge on any atom is -0.491 e. The third-order valence-corrected chi connectivity index (χ3v) is 5.78.